The normalized spacial score (nSPS) is 18.1. The lowest BCUT2D eigenvalue weighted by Gasteiger charge is -2.26. The van der Waals surface area contributed by atoms with E-state index in [0.29, 0.717) is 19.7 Å². The minimum Gasteiger partial charge on any atom is -0.491 e. The van der Waals surface area contributed by atoms with Crippen molar-refractivity contribution in [1.82, 2.24) is 9.80 Å². The second-order valence-electron chi connectivity index (χ2n) is 7.29. The largest absolute Gasteiger partial charge is 0.491 e. The number of thiophene rings is 1. The zero-order valence-corrected chi connectivity index (χ0v) is 16.2. The number of carbonyl (C=O) groups excluding carboxylic acids is 1. The molecule has 1 fully saturated rings. The van der Waals surface area contributed by atoms with Gasteiger partial charge in [0, 0.05) is 18.7 Å². The van der Waals surface area contributed by atoms with Crippen molar-refractivity contribution in [3.63, 3.8) is 0 Å². The number of benzene rings is 1. The summed E-state index contributed by atoms with van der Waals surface area (Å²) in [5.74, 6) is 1.04. The van der Waals surface area contributed by atoms with Crippen molar-refractivity contribution in [3.05, 3.63) is 51.2 Å². The molecule has 0 saturated carbocycles. The second-order valence-corrected chi connectivity index (χ2v) is 8.20. The van der Waals surface area contributed by atoms with Crippen LogP contribution < -0.4 is 4.74 Å². The molecule has 0 radical (unpaired) electrons. The van der Waals surface area contributed by atoms with Gasteiger partial charge in [0.15, 0.2) is 0 Å². The molecule has 0 N–H and O–H groups in total. The third-order valence-electron chi connectivity index (χ3n) is 5.30. The van der Waals surface area contributed by atoms with Gasteiger partial charge in [-0.2, -0.15) is 0 Å². The average molecular weight is 371 g/mol. The first kappa shape index (κ1) is 17.6. The highest BCUT2D eigenvalue weighted by atomic mass is 32.1. The summed E-state index contributed by atoms with van der Waals surface area (Å²) in [6, 6.07) is 8.50. The molecule has 2 aromatic rings. The highest BCUT2D eigenvalue weighted by molar-refractivity contribution is 7.12. The van der Waals surface area contributed by atoms with E-state index >= 15 is 0 Å². The summed E-state index contributed by atoms with van der Waals surface area (Å²) in [6.45, 7) is 7.18. The number of fused-ring (bicyclic) bond motifs is 1. The van der Waals surface area contributed by atoms with Crippen LogP contribution >= 0.6 is 11.3 Å². The SMILES string of the molecule is Cc1ccsc1C(=O)N1CCOc2ccc(CN3CCCCC3)cc2C1. The summed E-state index contributed by atoms with van der Waals surface area (Å²) in [4.78, 5) is 18.2. The van der Waals surface area contributed by atoms with Gasteiger partial charge in [0.1, 0.15) is 12.4 Å². The fourth-order valence-electron chi connectivity index (χ4n) is 3.83. The molecule has 0 atom stereocenters. The Morgan fingerprint density at radius 2 is 2.00 bits per heavy atom. The number of rotatable bonds is 3. The second kappa shape index (κ2) is 7.80. The standard InChI is InChI=1S/C21H26N2O2S/c1-16-7-12-26-20(16)21(24)23-10-11-25-19-6-5-17(13-18(19)15-23)14-22-8-3-2-4-9-22/h5-7,12-13H,2-4,8-11,14-15H2,1H3. The maximum absolute atomic E-state index is 12.9. The molecule has 138 valence electrons. The molecular formula is C21H26N2O2S. The molecule has 1 aromatic heterocycles. The highest BCUT2D eigenvalue weighted by Crippen LogP contribution is 2.27. The van der Waals surface area contributed by atoms with Crippen LogP contribution in [0.3, 0.4) is 0 Å². The predicted molar refractivity (Wildman–Crippen MR) is 105 cm³/mol. The highest BCUT2D eigenvalue weighted by Gasteiger charge is 2.23. The van der Waals surface area contributed by atoms with Gasteiger partial charge < -0.3 is 9.64 Å². The maximum atomic E-state index is 12.9. The van der Waals surface area contributed by atoms with E-state index in [2.05, 4.69) is 23.1 Å². The lowest BCUT2D eigenvalue weighted by atomic mass is 10.1. The van der Waals surface area contributed by atoms with E-state index in [1.54, 1.807) is 0 Å². The number of piperidine rings is 1. The van der Waals surface area contributed by atoms with Crippen LogP contribution in [0.1, 0.15) is 45.6 Å². The average Bonchev–Trinajstić information content (AvgIpc) is 2.97. The number of hydrogen-bond acceptors (Lipinski definition) is 4. The van der Waals surface area contributed by atoms with Gasteiger partial charge in [-0.25, -0.2) is 0 Å². The minimum atomic E-state index is 0.121. The molecule has 1 saturated heterocycles. The molecule has 0 unspecified atom stereocenters. The van der Waals surface area contributed by atoms with E-state index in [1.807, 2.05) is 23.3 Å². The van der Waals surface area contributed by atoms with E-state index in [0.717, 1.165) is 28.3 Å². The Morgan fingerprint density at radius 3 is 2.77 bits per heavy atom. The third-order valence-corrected chi connectivity index (χ3v) is 6.31. The Labute approximate surface area is 159 Å². The van der Waals surface area contributed by atoms with Crippen molar-refractivity contribution in [2.75, 3.05) is 26.2 Å². The van der Waals surface area contributed by atoms with E-state index in [4.69, 9.17) is 4.74 Å². The number of carbonyl (C=O) groups is 1. The number of aryl methyl sites for hydroxylation is 1. The van der Waals surface area contributed by atoms with E-state index in [9.17, 15) is 4.79 Å². The van der Waals surface area contributed by atoms with Crippen LogP contribution in [0.2, 0.25) is 0 Å². The fourth-order valence-corrected chi connectivity index (χ4v) is 4.72. The van der Waals surface area contributed by atoms with Gasteiger partial charge >= 0.3 is 0 Å². The lowest BCUT2D eigenvalue weighted by molar-refractivity contribution is 0.0737. The van der Waals surface area contributed by atoms with E-state index in [-0.39, 0.29) is 5.91 Å². The summed E-state index contributed by atoms with van der Waals surface area (Å²) < 4.78 is 5.92. The number of ether oxygens (including phenoxy) is 1. The molecule has 5 heteroatoms. The number of amides is 1. The van der Waals surface area contributed by atoms with Gasteiger partial charge in [-0.05, 0) is 67.6 Å². The van der Waals surface area contributed by atoms with Crippen molar-refractivity contribution in [2.45, 2.75) is 39.3 Å². The van der Waals surface area contributed by atoms with Gasteiger partial charge in [-0.3, -0.25) is 9.69 Å². The van der Waals surface area contributed by atoms with E-state index < -0.39 is 0 Å². The van der Waals surface area contributed by atoms with Crippen LogP contribution in [0.4, 0.5) is 0 Å². The van der Waals surface area contributed by atoms with Crippen LogP contribution in [0.15, 0.2) is 29.6 Å². The summed E-state index contributed by atoms with van der Waals surface area (Å²) in [5.41, 5.74) is 3.50. The smallest absolute Gasteiger partial charge is 0.264 e. The molecule has 0 bridgehead atoms. The van der Waals surface area contributed by atoms with Crippen LogP contribution in [-0.2, 0) is 13.1 Å². The molecule has 0 aliphatic carbocycles. The van der Waals surface area contributed by atoms with Gasteiger partial charge in [0.05, 0.1) is 11.4 Å². The van der Waals surface area contributed by atoms with Crippen LogP contribution in [0.25, 0.3) is 0 Å². The van der Waals surface area contributed by atoms with Gasteiger partial charge in [-0.1, -0.05) is 12.5 Å². The minimum absolute atomic E-state index is 0.121. The number of nitrogens with zero attached hydrogens (tertiary/aromatic N) is 2. The molecule has 2 aliphatic heterocycles. The van der Waals surface area contributed by atoms with Crippen LogP contribution in [0, 0.1) is 6.92 Å². The predicted octanol–water partition coefficient (Wildman–Crippen LogP) is 4.08. The van der Waals surface area contributed by atoms with Crippen LogP contribution in [0.5, 0.6) is 5.75 Å². The van der Waals surface area contributed by atoms with Gasteiger partial charge in [0.25, 0.3) is 5.91 Å². The number of likely N-dealkylation sites (tertiary alicyclic amines) is 1. The first-order valence-corrected chi connectivity index (χ1v) is 10.4. The quantitative estimate of drug-likeness (QED) is 0.816. The topological polar surface area (TPSA) is 32.8 Å². The molecule has 2 aliphatic rings. The Balaban J connectivity index is 1.52. The van der Waals surface area contributed by atoms with Crippen LogP contribution in [-0.4, -0.2) is 41.9 Å². The lowest BCUT2D eigenvalue weighted by Crippen LogP contribution is -2.32. The molecule has 3 heterocycles. The molecular weight excluding hydrogens is 344 g/mol. The molecule has 1 amide bonds. The molecule has 0 spiro atoms. The van der Waals surface area contributed by atoms with Crippen molar-refractivity contribution < 1.29 is 9.53 Å². The Hall–Kier alpha value is -1.85. The van der Waals surface area contributed by atoms with Crippen molar-refractivity contribution in [3.8, 4) is 5.75 Å². The summed E-state index contributed by atoms with van der Waals surface area (Å²) in [6.07, 6.45) is 3.96. The molecule has 26 heavy (non-hydrogen) atoms. The fraction of sp³-hybridized carbons (Fsp3) is 0.476. The first-order chi connectivity index (χ1) is 12.7. The zero-order valence-electron chi connectivity index (χ0n) is 15.4. The van der Waals surface area contributed by atoms with Crippen molar-refractivity contribution in [1.29, 1.82) is 0 Å². The van der Waals surface area contributed by atoms with Crippen molar-refractivity contribution >= 4 is 17.2 Å². The van der Waals surface area contributed by atoms with E-state index in [1.165, 1.54) is 49.3 Å². The summed E-state index contributed by atoms with van der Waals surface area (Å²) in [7, 11) is 0. The molecule has 4 rings (SSSR count). The Kier molecular flexibility index (Phi) is 5.27. The summed E-state index contributed by atoms with van der Waals surface area (Å²) >= 11 is 1.53. The summed E-state index contributed by atoms with van der Waals surface area (Å²) in [5, 5.41) is 1.99. The van der Waals surface area contributed by atoms with Crippen molar-refractivity contribution in [2.24, 2.45) is 0 Å². The molecule has 1 aromatic carbocycles. The number of hydrogen-bond donors (Lipinski definition) is 0. The molecule has 4 nitrogen and oxygen atoms in total. The Morgan fingerprint density at radius 1 is 1.15 bits per heavy atom. The van der Waals surface area contributed by atoms with Gasteiger partial charge in [-0.15, -0.1) is 11.3 Å². The maximum Gasteiger partial charge on any atom is 0.264 e. The Bertz CT molecular complexity index is 780. The third kappa shape index (κ3) is 3.79. The first-order valence-electron chi connectivity index (χ1n) is 9.51. The monoisotopic (exact) mass is 370 g/mol. The zero-order chi connectivity index (χ0) is 17.9. The van der Waals surface area contributed by atoms with Gasteiger partial charge in [0.2, 0.25) is 0 Å².